The van der Waals surface area contributed by atoms with Gasteiger partial charge in [0.2, 0.25) is 5.91 Å². The van der Waals surface area contributed by atoms with Gasteiger partial charge in [0.1, 0.15) is 6.54 Å². The molecule has 0 spiro atoms. The number of anilines is 2. The molecule has 0 radical (unpaired) electrons. The molecule has 3 aromatic carbocycles. The molecule has 0 aliphatic rings. The van der Waals surface area contributed by atoms with Gasteiger partial charge in [-0.25, -0.2) is 8.42 Å². The van der Waals surface area contributed by atoms with Crippen molar-refractivity contribution in [3.05, 3.63) is 92.9 Å². The Hall–Kier alpha value is -3.24. The predicted octanol–water partition coefficient (Wildman–Crippen LogP) is 4.50. The molecule has 0 unspecified atom stereocenters. The maximum Gasteiger partial charge on any atom is 0.271 e. The van der Waals surface area contributed by atoms with Crippen molar-refractivity contribution in [1.29, 1.82) is 0 Å². The molecule has 0 aliphatic heterocycles. The SMILES string of the molecule is Cc1ccc([N+](=O)[O-])cc1NC(=O)CN(c1ccc(Br)cc1)S(=O)(=O)c1ccccc1. The fourth-order valence-electron chi connectivity index (χ4n) is 2.82. The molecule has 3 rings (SSSR count). The van der Waals surface area contributed by atoms with Crippen LogP contribution in [0.25, 0.3) is 0 Å². The predicted molar refractivity (Wildman–Crippen MR) is 122 cm³/mol. The van der Waals surface area contributed by atoms with Crippen LogP contribution in [-0.4, -0.2) is 25.8 Å². The molecule has 8 nitrogen and oxygen atoms in total. The summed E-state index contributed by atoms with van der Waals surface area (Å²) >= 11 is 3.31. The molecule has 10 heteroatoms. The van der Waals surface area contributed by atoms with Crippen LogP contribution in [0.3, 0.4) is 0 Å². The maximum absolute atomic E-state index is 13.3. The number of carbonyl (C=O) groups excluding carboxylic acids is 1. The Balaban J connectivity index is 1.94. The molecule has 0 saturated carbocycles. The van der Waals surface area contributed by atoms with Gasteiger partial charge in [-0.05, 0) is 48.9 Å². The van der Waals surface area contributed by atoms with E-state index in [-0.39, 0.29) is 16.3 Å². The minimum atomic E-state index is -4.04. The quantitative estimate of drug-likeness (QED) is 0.377. The zero-order valence-corrected chi connectivity index (χ0v) is 18.8. The fraction of sp³-hybridized carbons (Fsp3) is 0.0952. The van der Waals surface area contributed by atoms with Crippen LogP contribution in [0.4, 0.5) is 17.1 Å². The van der Waals surface area contributed by atoms with E-state index in [2.05, 4.69) is 21.2 Å². The van der Waals surface area contributed by atoms with E-state index in [9.17, 15) is 23.3 Å². The van der Waals surface area contributed by atoms with Gasteiger partial charge < -0.3 is 5.32 Å². The van der Waals surface area contributed by atoms with Crippen LogP contribution in [0, 0.1) is 17.0 Å². The number of nitro benzene ring substituents is 1. The van der Waals surface area contributed by atoms with Crippen molar-refractivity contribution in [3.63, 3.8) is 0 Å². The molecular weight excluding hydrogens is 486 g/mol. The van der Waals surface area contributed by atoms with Crippen molar-refractivity contribution < 1.29 is 18.1 Å². The topological polar surface area (TPSA) is 110 Å². The highest BCUT2D eigenvalue weighted by Crippen LogP contribution is 2.26. The van der Waals surface area contributed by atoms with Crippen molar-refractivity contribution in [3.8, 4) is 0 Å². The molecule has 0 saturated heterocycles. The molecule has 0 aliphatic carbocycles. The fourth-order valence-corrected chi connectivity index (χ4v) is 4.53. The van der Waals surface area contributed by atoms with E-state index in [0.717, 1.165) is 8.78 Å². The number of hydrogen-bond donors (Lipinski definition) is 1. The second-order valence-corrected chi connectivity index (χ2v) is 9.38. The number of carbonyl (C=O) groups is 1. The van der Waals surface area contributed by atoms with Gasteiger partial charge in [-0.1, -0.05) is 40.2 Å². The molecule has 0 atom stereocenters. The van der Waals surface area contributed by atoms with Gasteiger partial charge >= 0.3 is 0 Å². The summed E-state index contributed by atoms with van der Waals surface area (Å²) in [6.07, 6.45) is 0. The van der Waals surface area contributed by atoms with E-state index in [1.807, 2.05) is 0 Å². The van der Waals surface area contributed by atoms with Crippen LogP contribution in [0.15, 0.2) is 82.2 Å². The lowest BCUT2D eigenvalue weighted by Gasteiger charge is -2.24. The number of sulfonamides is 1. The molecule has 1 amide bonds. The highest BCUT2D eigenvalue weighted by molar-refractivity contribution is 9.10. The zero-order chi connectivity index (χ0) is 22.6. The summed E-state index contributed by atoms with van der Waals surface area (Å²) in [5.41, 5.74) is 0.979. The number of nitrogens with one attached hydrogen (secondary N) is 1. The number of rotatable bonds is 7. The van der Waals surface area contributed by atoms with Crippen molar-refractivity contribution in [2.45, 2.75) is 11.8 Å². The van der Waals surface area contributed by atoms with E-state index >= 15 is 0 Å². The molecule has 0 bridgehead atoms. The van der Waals surface area contributed by atoms with Gasteiger partial charge in [0.05, 0.1) is 21.2 Å². The largest absolute Gasteiger partial charge is 0.324 e. The number of benzene rings is 3. The number of aryl methyl sites for hydroxylation is 1. The Bertz CT molecular complexity index is 1220. The summed E-state index contributed by atoms with van der Waals surface area (Å²) in [6.45, 7) is 1.17. The standard InChI is InChI=1S/C21H18BrN3O5S/c1-15-7-10-18(25(27)28)13-20(15)23-21(26)14-24(17-11-8-16(22)9-12-17)31(29,30)19-5-3-2-4-6-19/h2-13H,14H2,1H3,(H,23,26). The number of nitrogens with zero attached hydrogens (tertiary/aromatic N) is 2. The van der Waals surface area contributed by atoms with Crippen molar-refractivity contribution >= 4 is 48.9 Å². The van der Waals surface area contributed by atoms with E-state index in [0.29, 0.717) is 11.3 Å². The van der Waals surface area contributed by atoms with E-state index in [1.165, 1.54) is 30.3 Å². The first kappa shape index (κ1) is 22.4. The lowest BCUT2D eigenvalue weighted by atomic mass is 10.2. The monoisotopic (exact) mass is 503 g/mol. The Morgan fingerprint density at radius 2 is 1.71 bits per heavy atom. The first-order valence-corrected chi connectivity index (χ1v) is 11.3. The normalized spacial score (nSPS) is 11.0. The summed E-state index contributed by atoms with van der Waals surface area (Å²) < 4.78 is 28.3. The first-order chi connectivity index (χ1) is 14.7. The summed E-state index contributed by atoms with van der Waals surface area (Å²) in [4.78, 5) is 23.3. The highest BCUT2D eigenvalue weighted by atomic mass is 79.9. The second-order valence-electron chi connectivity index (χ2n) is 6.61. The van der Waals surface area contributed by atoms with Crippen molar-refractivity contribution in [2.75, 3.05) is 16.2 Å². The summed E-state index contributed by atoms with van der Waals surface area (Å²) in [7, 11) is -4.04. The average Bonchev–Trinajstić information content (AvgIpc) is 2.74. The lowest BCUT2D eigenvalue weighted by molar-refractivity contribution is -0.384. The summed E-state index contributed by atoms with van der Waals surface area (Å²) in [6, 6.07) is 18.4. The van der Waals surface area contributed by atoms with Crippen LogP contribution in [0.1, 0.15) is 5.56 Å². The molecule has 0 heterocycles. The third kappa shape index (κ3) is 5.28. The summed E-state index contributed by atoms with van der Waals surface area (Å²) in [5, 5.41) is 13.6. The minimum absolute atomic E-state index is 0.0391. The van der Waals surface area contributed by atoms with Gasteiger partial charge in [0.25, 0.3) is 15.7 Å². The first-order valence-electron chi connectivity index (χ1n) is 9.07. The van der Waals surface area contributed by atoms with Crippen LogP contribution in [0.2, 0.25) is 0 Å². The van der Waals surface area contributed by atoms with Crippen molar-refractivity contribution in [1.82, 2.24) is 0 Å². The minimum Gasteiger partial charge on any atom is -0.324 e. The number of hydrogen-bond acceptors (Lipinski definition) is 5. The van der Waals surface area contributed by atoms with Crippen LogP contribution < -0.4 is 9.62 Å². The Labute approximate surface area is 187 Å². The van der Waals surface area contributed by atoms with Gasteiger partial charge in [-0.2, -0.15) is 0 Å². The van der Waals surface area contributed by atoms with Gasteiger partial charge in [0, 0.05) is 16.6 Å². The molecule has 0 fully saturated rings. The maximum atomic E-state index is 13.3. The van der Waals surface area contributed by atoms with E-state index in [1.54, 1.807) is 49.4 Å². The number of amides is 1. The Morgan fingerprint density at radius 3 is 2.32 bits per heavy atom. The summed E-state index contributed by atoms with van der Waals surface area (Å²) in [5.74, 6) is -0.633. The van der Waals surface area contributed by atoms with Gasteiger partial charge in [0.15, 0.2) is 0 Å². The van der Waals surface area contributed by atoms with Crippen molar-refractivity contribution in [2.24, 2.45) is 0 Å². The average molecular weight is 504 g/mol. The number of non-ortho nitro benzene ring substituents is 1. The second kappa shape index (κ2) is 9.27. The van der Waals surface area contributed by atoms with Crippen LogP contribution in [0.5, 0.6) is 0 Å². The molecule has 1 N–H and O–H groups in total. The third-order valence-corrected chi connectivity index (χ3v) is 6.76. The Kier molecular flexibility index (Phi) is 6.71. The van der Waals surface area contributed by atoms with Crippen LogP contribution >= 0.6 is 15.9 Å². The number of halogens is 1. The number of nitro groups is 1. The molecule has 0 aromatic heterocycles. The molecular formula is C21H18BrN3O5S. The third-order valence-electron chi connectivity index (χ3n) is 4.44. The van der Waals surface area contributed by atoms with E-state index < -0.39 is 27.4 Å². The highest BCUT2D eigenvalue weighted by Gasteiger charge is 2.27. The molecule has 3 aromatic rings. The zero-order valence-electron chi connectivity index (χ0n) is 16.4. The van der Waals surface area contributed by atoms with Gasteiger partial charge in [-0.15, -0.1) is 0 Å². The van der Waals surface area contributed by atoms with Gasteiger partial charge in [-0.3, -0.25) is 19.2 Å². The lowest BCUT2D eigenvalue weighted by Crippen LogP contribution is -2.38. The Morgan fingerprint density at radius 1 is 1.06 bits per heavy atom. The molecule has 31 heavy (non-hydrogen) atoms. The molecule has 160 valence electrons. The van der Waals surface area contributed by atoms with E-state index in [4.69, 9.17) is 0 Å². The van der Waals surface area contributed by atoms with Crippen LogP contribution in [-0.2, 0) is 14.8 Å². The smallest absolute Gasteiger partial charge is 0.271 e.